The third kappa shape index (κ3) is 6.35. The Labute approximate surface area is 174 Å². The lowest BCUT2D eigenvalue weighted by Gasteiger charge is -2.29. The smallest absolute Gasteiger partial charge is 0.222 e. The van der Waals surface area contributed by atoms with E-state index in [1.807, 2.05) is 30.1 Å². The number of rotatable bonds is 8. The lowest BCUT2D eigenvalue weighted by molar-refractivity contribution is -0.131. The summed E-state index contributed by atoms with van der Waals surface area (Å²) in [6.07, 6.45) is 4.98. The number of nitrogens with zero attached hydrogens (tertiary/aromatic N) is 2. The molecule has 2 atom stereocenters. The van der Waals surface area contributed by atoms with Gasteiger partial charge in [-0.25, -0.2) is 0 Å². The highest BCUT2D eigenvalue weighted by Gasteiger charge is 2.23. The monoisotopic (exact) mass is 404 g/mol. The third-order valence-electron chi connectivity index (χ3n) is 5.70. The van der Waals surface area contributed by atoms with E-state index in [4.69, 9.17) is 0 Å². The molecule has 0 saturated carbocycles. The van der Waals surface area contributed by atoms with Crippen molar-refractivity contribution in [3.05, 3.63) is 42.1 Å². The van der Waals surface area contributed by atoms with Crippen LogP contribution in [-0.2, 0) is 11.2 Å². The molecular formula is C22H33ClN4O. The summed E-state index contributed by atoms with van der Waals surface area (Å²) in [4.78, 5) is 14.4. The minimum Gasteiger partial charge on any atom is -0.346 e. The summed E-state index contributed by atoms with van der Waals surface area (Å²) >= 11 is 0. The molecule has 1 aromatic carbocycles. The maximum absolute atomic E-state index is 12.5. The van der Waals surface area contributed by atoms with E-state index in [-0.39, 0.29) is 18.3 Å². The molecule has 1 aliphatic heterocycles. The van der Waals surface area contributed by atoms with Crippen molar-refractivity contribution in [1.29, 1.82) is 0 Å². The normalized spacial score (nSPS) is 17.6. The van der Waals surface area contributed by atoms with E-state index < -0.39 is 0 Å². The van der Waals surface area contributed by atoms with Gasteiger partial charge in [-0.15, -0.1) is 12.4 Å². The van der Waals surface area contributed by atoms with Crippen LogP contribution in [0.3, 0.4) is 0 Å². The van der Waals surface area contributed by atoms with Crippen LogP contribution in [0.5, 0.6) is 0 Å². The zero-order chi connectivity index (χ0) is 19.1. The summed E-state index contributed by atoms with van der Waals surface area (Å²) in [6, 6.07) is 12.3. The summed E-state index contributed by atoms with van der Waals surface area (Å²) in [5.41, 5.74) is 3.22. The molecule has 1 aliphatic rings. The van der Waals surface area contributed by atoms with Gasteiger partial charge in [-0.1, -0.05) is 37.3 Å². The maximum atomic E-state index is 12.5. The molecule has 1 fully saturated rings. The topological polar surface area (TPSA) is 61.0 Å². The number of benzene rings is 1. The highest BCUT2D eigenvalue weighted by Crippen LogP contribution is 2.23. The molecule has 6 heteroatoms. The van der Waals surface area contributed by atoms with Crippen molar-refractivity contribution < 1.29 is 4.79 Å². The summed E-state index contributed by atoms with van der Waals surface area (Å²) in [5.74, 6) is 1.36. The number of piperidine rings is 1. The molecule has 0 radical (unpaired) electrons. The Morgan fingerprint density at radius 1 is 1.32 bits per heavy atom. The first kappa shape index (κ1) is 22.4. The first-order chi connectivity index (χ1) is 13.1. The molecule has 2 unspecified atom stereocenters. The van der Waals surface area contributed by atoms with Gasteiger partial charge < -0.3 is 10.2 Å². The number of nitrogens with one attached hydrogen (secondary N) is 2. The fourth-order valence-electron chi connectivity index (χ4n) is 3.84. The van der Waals surface area contributed by atoms with Crippen LogP contribution in [0.25, 0.3) is 11.3 Å². The Bertz CT molecular complexity index is 712. The Hall–Kier alpha value is -1.85. The molecule has 1 amide bonds. The van der Waals surface area contributed by atoms with Crippen molar-refractivity contribution in [3.63, 3.8) is 0 Å². The van der Waals surface area contributed by atoms with Crippen LogP contribution in [0.15, 0.2) is 36.4 Å². The second-order valence-electron chi connectivity index (χ2n) is 7.85. The molecule has 0 spiro atoms. The number of hydrogen-bond acceptors (Lipinski definition) is 3. The van der Waals surface area contributed by atoms with E-state index >= 15 is 0 Å². The maximum Gasteiger partial charge on any atom is 0.222 e. The van der Waals surface area contributed by atoms with Gasteiger partial charge in [0, 0.05) is 31.3 Å². The molecule has 154 valence electrons. The van der Waals surface area contributed by atoms with Crippen LogP contribution in [0, 0.1) is 11.8 Å². The van der Waals surface area contributed by atoms with E-state index in [0.717, 1.165) is 49.4 Å². The number of halogens is 1. The van der Waals surface area contributed by atoms with Crippen LogP contribution in [-0.4, -0.2) is 47.7 Å². The van der Waals surface area contributed by atoms with Gasteiger partial charge in [0.25, 0.3) is 0 Å². The minimum absolute atomic E-state index is 0. The number of aromatic amines is 1. The Morgan fingerprint density at radius 3 is 2.82 bits per heavy atom. The van der Waals surface area contributed by atoms with Crippen LogP contribution in [0.2, 0.25) is 0 Å². The van der Waals surface area contributed by atoms with Crippen molar-refractivity contribution in [1.82, 2.24) is 20.4 Å². The van der Waals surface area contributed by atoms with Gasteiger partial charge in [0.15, 0.2) is 0 Å². The number of H-pyrrole nitrogens is 1. The van der Waals surface area contributed by atoms with E-state index in [1.165, 1.54) is 12.8 Å². The summed E-state index contributed by atoms with van der Waals surface area (Å²) in [5, 5.41) is 11.0. The first-order valence-electron chi connectivity index (χ1n) is 10.2. The quantitative estimate of drug-likeness (QED) is 0.701. The fourth-order valence-corrected chi connectivity index (χ4v) is 3.84. The number of aryl methyl sites for hydroxylation is 1. The number of aromatic nitrogens is 2. The molecule has 2 N–H and O–H groups in total. The van der Waals surface area contributed by atoms with E-state index in [2.05, 4.69) is 40.6 Å². The zero-order valence-corrected chi connectivity index (χ0v) is 17.8. The van der Waals surface area contributed by atoms with Crippen molar-refractivity contribution in [2.24, 2.45) is 11.8 Å². The van der Waals surface area contributed by atoms with Gasteiger partial charge in [0.2, 0.25) is 5.91 Å². The second kappa shape index (κ2) is 11.2. The Balaban J connectivity index is 0.00000280. The van der Waals surface area contributed by atoms with E-state index in [0.29, 0.717) is 18.3 Å². The van der Waals surface area contributed by atoms with Gasteiger partial charge in [-0.3, -0.25) is 9.89 Å². The molecular weight excluding hydrogens is 372 g/mol. The van der Waals surface area contributed by atoms with E-state index in [9.17, 15) is 4.79 Å². The number of carbonyl (C=O) groups is 1. The molecule has 1 saturated heterocycles. The van der Waals surface area contributed by atoms with Gasteiger partial charge in [-0.05, 0) is 56.7 Å². The van der Waals surface area contributed by atoms with Crippen molar-refractivity contribution in [2.75, 3.05) is 26.7 Å². The van der Waals surface area contributed by atoms with Gasteiger partial charge in [0.05, 0.1) is 5.69 Å². The van der Waals surface area contributed by atoms with Gasteiger partial charge >= 0.3 is 0 Å². The van der Waals surface area contributed by atoms with Gasteiger partial charge in [0.1, 0.15) is 0 Å². The SMILES string of the molecule is CC(CC(=O)N(C)CCCc1cc(-c2ccccc2)n[nH]1)C1CCCNC1.Cl. The second-order valence-corrected chi connectivity index (χ2v) is 7.85. The minimum atomic E-state index is 0. The number of amides is 1. The first-order valence-corrected chi connectivity index (χ1v) is 10.2. The lowest BCUT2D eigenvalue weighted by atomic mass is 9.85. The number of carbonyl (C=O) groups excluding carboxylic acids is 1. The molecule has 5 nitrogen and oxygen atoms in total. The van der Waals surface area contributed by atoms with Crippen LogP contribution in [0.1, 0.15) is 38.3 Å². The van der Waals surface area contributed by atoms with Crippen molar-refractivity contribution in [2.45, 2.75) is 39.0 Å². The predicted molar refractivity (Wildman–Crippen MR) is 117 cm³/mol. The van der Waals surface area contributed by atoms with Crippen LogP contribution in [0.4, 0.5) is 0 Å². The summed E-state index contributed by atoms with van der Waals surface area (Å²) in [6.45, 7) is 5.19. The molecule has 2 aromatic rings. The highest BCUT2D eigenvalue weighted by molar-refractivity contribution is 5.85. The van der Waals surface area contributed by atoms with Crippen LogP contribution < -0.4 is 5.32 Å². The van der Waals surface area contributed by atoms with E-state index in [1.54, 1.807) is 0 Å². The van der Waals surface area contributed by atoms with Crippen molar-refractivity contribution in [3.8, 4) is 11.3 Å². The van der Waals surface area contributed by atoms with Gasteiger partial charge in [-0.2, -0.15) is 5.10 Å². The zero-order valence-electron chi connectivity index (χ0n) is 17.0. The molecule has 3 rings (SSSR count). The number of hydrogen-bond donors (Lipinski definition) is 2. The predicted octanol–water partition coefficient (Wildman–Crippen LogP) is 3.92. The summed E-state index contributed by atoms with van der Waals surface area (Å²) in [7, 11) is 1.93. The lowest BCUT2D eigenvalue weighted by Crippen LogP contribution is -2.36. The third-order valence-corrected chi connectivity index (χ3v) is 5.70. The molecule has 28 heavy (non-hydrogen) atoms. The Morgan fingerprint density at radius 2 is 2.11 bits per heavy atom. The van der Waals surface area contributed by atoms with Crippen LogP contribution >= 0.6 is 12.4 Å². The largest absolute Gasteiger partial charge is 0.346 e. The van der Waals surface area contributed by atoms with Crippen molar-refractivity contribution >= 4 is 18.3 Å². The Kier molecular flexibility index (Phi) is 9.00. The fraction of sp³-hybridized carbons (Fsp3) is 0.545. The molecule has 1 aromatic heterocycles. The highest BCUT2D eigenvalue weighted by atomic mass is 35.5. The average molecular weight is 405 g/mol. The molecule has 0 aliphatic carbocycles. The standard InChI is InChI=1S/C22H32N4O.ClH/c1-17(19-10-6-12-23-16-19)14-22(27)26(2)13-7-11-20-15-21(25-24-20)18-8-4-3-5-9-18;/h3-5,8-9,15,17,19,23H,6-7,10-14,16H2,1-2H3,(H,24,25);1H. The average Bonchev–Trinajstić information content (AvgIpc) is 3.18. The summed E-state index contributed by atoms with van der Waals surface area (Å²) < 4.78 is 0. The molecule has 0 bridgehead atoms. The molecule has 2 heterocycles.